The first-order valence-electron chi connectivity index (χ1n) is 8.04. The Morgan fingerprint density at radius 1 is 1.17 bits per heavy atom. The van der Waals surface area contributed by atoms with Gasteiger partial charge in [0.1, 0.15) is 17.7 Å². The van der Waals surface area contributed by atoms with E-state index in [1.165, 1.54) is 0 Å². The Morgan fingerprint density at radius 3 is 2.79 bits per heavy atom. The van der Waals surface area contributed by atoms with Crippen LogP contribution in [0.25, 0.3) is 5.69 Å². The number of hydrogen-bond acceptors (Lipinski definition) is 4. The molecule has 1 aliphatic rings. The van der Waals surface area contributed by atoms with Crippen LogP contribution in [0.3, 0.4) is 0 Å². The molecule has 0 amide bonds. The molecule has 0 spiro atoms. The van der Waals surface area contributed by atoms with Crippen molar-refractivity contribution in [2.75, 3.05) is 20.3 Å². The zero-order valence-corrected chi connectivity index (χ0v) is 13.6. The second kappa shape index (κ2) is 6.55. The Labute approximate surface area is 141 Å². The molecule has 1 aromatic carbocycles. The second-order valence-corrected chi connectivity index (χ2v) is 5.82. The molecule has 5 heteroatoms. The van der Waals surface area contributed by atoms with Gasteiger partial charge in [0.25, 0.3) is 0 Å². The second-order valence-electron chi connectivity index (χ2n) is 5.82. The summed E-state index contributed by atoms with van der Waals surface area (Å²) in [5.74, 6) is 1.81. The van der Waals surface area contributed by atoms with Crippen LogP contribution in [-0.2, 0) is 11.3 Å². The van der Waals surface area contributed by atoms with Gasteiger partial charge in [0, 0.05) is 30.2 Å². The third-order valence-corrected chi connectivity index (χ3v) is 4.30. The highest BCUT2D eigenvalue weighted by Crippen LogP contribution is 2.29. The Morgan fingerprint density at radius 2 is 2.04 bits per heavy atom. The van der Waals surface area contributed by atoms with Gasteiger partial charge in [0.05, 0.1) is 26.5 Å². The Bertz CT molecular complexity index is 777. The van der Waals surface area contributed by atoms with Gasteiger partial charge in [0.15, 0.2) is 0 Å². The SMILES string of the molecule is COc1ccc(-n2ccc(C3OCCN3Cc3ccco3)c2)cc1. The third-order valence-electron chi connectivity index (χ3n) is 4.30. The fraction of sp³-hybridized carbons (Fsp3) is 0.263. The molecule has 1 saturated heterocycles. The molecule has 3 aromatic rings. The van der Waals surface area contributed by atoms with Crippen molar-refractivity contribution in [2.24, 2.45) is 0 Å². The number of aromatic nitrogens is 1. The molecule has 0 aliphatic carbocycles. The summed E-state index contributed by atoms with van der Waals surface area (Å²) >= 11 is 0. The first-order valence-corrected chi connectivity index (χ1v) is 8.04. The smallest absolute Gasteiger partial charge is 0.138 e. The fourth-order valence-electron chi connectivity index (χ4n) is 3.05. The van der Waals surface area contributed by atoms with Gasteiger partial charge in [-0.2, -0.15) is 0 Å². The summed E-state index contributed by atoms with van der Waals surface area (Å²) in [6.07, 6.45) is 5.85. The van der Waals surface area contributed by atoms with Gasteiger partial charge in [-0.25, -0.2) is 0 Å². The van der Waals surface area contributed by atoms with Crippen LogP contribution < -0.4 is 4.74 Å². The number of furan rings is 1. The number of nitrogens with zero attached hydrogens (tertiary/aromatic N) is 2. The number of methoxy groups -OCH3 is 1. The van der Waals surface area contributed by atoms with Gasteiger partial charge >= 0.3 is 0 Å². The van der Waals surface area contributed by atoms with E-state index in [0.29, 0.717) is 0 Å². The number of benzene rings is 1. The molecule has 0 radical (unpaired) electrons. The number of hydrogen-bond donors (Lipinski definition) is 0. The van der Waals surface area contributed by atoms with Crippen molar-refractivity contribution in [2.45, 2.75) is 12.8 Å². The Kier molecular flexibility index (Phi) is 4.11. The Balaban J connectivity index is 1.52. The summed E-state index contributed by atoms with van der Waals surface area (Å²) in [6.45, 7) is 2.39. The highest BCUT2D eigenvalue weighted by atomic mass is 16.5. The van der Waals surface area contributed by atoms with Gasteiger partial charge in [-0.3, -0.25) is 4.90 Å². The highest BCUT2D eigenvalue weighted by molar-refractivity contribution is 5.39. The van der Waals surface area contributed by atoms with Crippen molar-refractivity contribution < 1.29 is 13.9 Å². The van der Waals surface area contributed by atoms with Crippen molar-refractivity contribution in [3.63, 3.8) is 0 Å². The maximum atomic E-state index is 5.94. The van der Waals surface area contributed by atoms with Gasteiger partial charge in [-0.1, -0.05) is 0 Å². The van der Waals surface area contributed by atoms with Crippen molar-refractivity contribution >= 4 is 0 Å². The van der Waals surface area contributed by atoms with E-state index < -0.39 is 0 Å². The molecule has 1 atom stereocenters. The first-order chi connectivity index (χ1) is 11.8. The van der Waals surface area contributed by atoms with Gasteiger partial charge in [0.2, 0.25) is 0 Å². The average Bonchev–Trinajstić information content (AvgIpc) is 3.37. The molecule has 0 saturated carbocycles. The van der Waals surface area contributed by atoms with Crippen LogP contribution in [0.4, 0.5) is 0 Å². The van der Waals surface area contributed by atoms with E-state index in [2.05, 4.69) is 27.9 Å². The molecule has 1 unspecified atom stereocenters. The number of rotatable bonds is 5. The lowest BCUT2D eigenvalue weighted by Crippen LogP contribution is -2.22. The average molecular weight is 324 g/mol. The summed E-state index contributed by atoms with van der Waals surface area (Å²) in [5.41, 5.74) is 2.24. The molecule has 0 N–H and O–H groups in total. The lowest BCUT2D eigenvalue weighted by molar-refractivity contribution is 0.0258. The van der Waals surface area contributed by atoms with Gasteiger partial charge in [-0.05, 0) is 42.5 Å². The fourth-order valence-corrected chi connectivity index (χ4v) is 3.05. The molecular weight excluding hydrogens is 304 g/mol. The summed E-state index contributed by atoms with van der Waals surface area (Å²) in [4.78, 5) is 2.28. The number of ether oxygens (including phenoxy) is 2. The molecular formula is C19H20N2O3. The lowest BCUT2D eigenvalue weighted by atomic mass is 10.2. The van der Waals surface area contributed by atoms with E-state index in [9.17, 15) is 0 Å². The summed E-state index contributed by atoms with van der Waals surface area (Å²) in [5, 5.41) is 0. The molecule has 1 fully saturated rings. The lowest BCUT2D eigenvalue weighted by Gasteiger charge is -2.21. The van der Waals surface area contributed by atoms with Crippen molar-refractivity contribution in [3.8, 4) is 11.4 Å². The minimum absolute atomic E-state index is 0.0328. The predicted molar refractivity (Wildman–Crippen MR) is 90.1 cm³/mol. The molecule has 4 rings (SSSR count). The molecule has 124 valence electrons. The molecule has 1 aliphatic heterocycles. The van der Waals surface area contributed by atoms with Crippen LogP contribution in [-0.4, -0.2) is 29.7 Å². The van der Waals surface area contributed by atoms with E-state index in [-0.39, 0.29) is 6.23 Å². The van der Waals surface area contributed by atoms with E-state index in [1.807, 2.05) is 36.4 Å². The molecule has 5 nitrogen and oxygen atoms in total. The minimum Gasteiger partial charge on any atom is -0.497 e. The third kappa shape index (κ3) is 2.96. The van der Waals surface area contributed by atoms with Crippen LogP contribution in [0.15, 0.2) is 65.5 Å². The molecule has 3 heterocycles. The van der Waals surface area contributed by atoms with Crippen molar-refractivity contribution in [3.05, 3.63) is 72.4 Å². The zero-order chi connectivity index (χ0) is 16.4. The van der Waals surface area contributed by atoms with Crippen molar-refractivity contribution in [1.82, 2.24) is 9.47 Å². The van der Waals surface area contributed by atoms with E-state index in [1.54, 1.807) is 13.4 Å². The van der Waals surface area contributed by atoms with Crippen LogP contribution in [0, 0.1) is 0 Å². The maximum absolute atomic E-state index is 5.94. The molecule has 2 aromatic heterocycles. The standard InChI is InChI=1S/C19H20N2O3/c1-22-17-6-4-16(5-7-17)20-9-8-15(13-20)19-21(10-12-24-19)14-18-3-2-11-23-18/h2-9,11,13,19H,10,12,14H2,1H3. The topological polar surface area (TPSA) is 39.8 Å². The monoisotopic (exact) mass is 324 g/mol. The van der Waals surface area contributed by atoms with Gasteiger partial charge in [-0.15, -0.1) is 0 Å². The summed E-state index contributed by atoms with van der Waals surface area (Å²) in [7, 11) is 1.67. The van der Waals surface area contributed by atoms with Crippen LogP contribution in [0.1, 0.15) is 17.6 Å². The van der Waals surface area contributed by atoms with E-state index in [4.69, 9.17) is 13.9 Å². The van der Waals surface area contributed by atoms with Crippen LogP contribution in [0.2, 0.25) is 0 Å². The van der Waals surface area contributed by atoms with Crippen LogP contribution >= 0.6 is 0 Å². The maximum Gasteiger partial charge on any atom is 0.138 e. The van der Waals surface area contributed by atoms with Crippen molar-refractivity contribution in [1.29, 1.82) is 0 Å². The summed E-state index contributed by atoms with van der Waals surface area (Å²) < 4.78 is 18.7. The normalized spacial score (nSPS) is 18.1. The Hall–Kier alpha value is -2.50. The quantitative estimate of drug-likeness (QED) is 0.719. The molecule has 0 bridgehead atoms. The molecule has 24 heavy (non-hydrogen) atoms. The summed E-state index contributed by atoms with van der Waals surface area (Å²) in [6, 6.07) is 14.0. The van der Waals surface area contributed by atoms with E-state index >= 15 is 0 Å². The largest absolute Gasteiger partial charge is 0.497 e. The van der Waals surface area contributed by atoms with Gasteiger partial charge < -0.3 is 18.5 Å². The van der Waals surface area contributed by atoms with E-state index in [0.717, 1.165) is 42.5 Å². The first kappa shape index (κ1) is 15.1. The predicted octanol–water partition coefficient (Wildman–Crippen LogP) is 3.61. The zero-order valence-electron chi connectivity index (χ0n) is 13.6. The minimum atomic E-state index is -0.0328. The highest BCUT2D eigenvalue weighted by Gasteiger charge is 2.28. The van der Waals surface area contributed by atoms with Crippen LogP contribution in [0.5, 0.6) is 5.75 Å².